The summed E-state index contributed by atoms with van der Waals surface area (Å²) in [6, 6.07) is 0.115. The first kappa shape index (κ1) is 17.7. The zero-order chi connectivity index (χ0) is 15.8. The Kier molecular flexibility index (Phi) is 7.39. The number of aromatic nitrogens is 2. The van der Waals surface area contributed by atoms with Crippen LogP contribution >= 0.6 is 0 Å². The minimum absolute atomic E-state index is 0.0499. The van der Waals surface area contributed by atoms with Crippen LogP contribution in [0.2, 0.25) is 0 Å². The molecule has 1 amide bonds. The van der Waals surface area contributed by atoms with Gasteiger partial charge in [0.2, 0.25) is 0 Å². The molecule has 1 unspecified atom stereocenters. The quantitative estimate of drug-likeness (QED) is 0.712. The van der Waals surface area contributed by atoms with Crippen molar-refractivity contribution in [2.75, 3.05) is 26.2 Å². The number of carbonyl (C=O) groups is 1. The Morgan fingerprint density at radius 1 is 1.48 bits per heavy atom. The smallest absolute Gasteiger partial charge is 0.254 e. The molecule has 0 aliphatic heterocycles. The van der Waals surface area contributed by atoms with Gasteiger partial charge in [-0.05, 0) is 39.9 Å². The Balaban J connectivity index is 2.61. The van der Waals surface area contributed by atoms with Crippen molar-refractivity contribution in [3.05, 3.63) is 17.5 Å². The minimum Gasteiger partial charge on any atom is -0.348 e. The van der Waals surface area contributed by atoms with Gasteiger partial charge in [0.15, 0.2) is 0 Å². The van der Waals surface area contributed by atoms with Crippen LogP contribution in [0.15, 0.2) is 6.20 Å². The lowest BCUT2D eigenvalue weighted by molar-refractivity contribution is 0.0929. The summed E-state index contributed by atoms with van der Waals surface area (Å²) in [7, 11) is 0. The average Bonchev–Trinajstić information content (AvgIpc) is 2.83. The van der Waals surface area contributed by atoms with Gasteiger partial charge in [-0.3, -0.25) is 9.48 Å². The first-order valence-corrected chi connectivity index (χ1v) is 7.79. The van der Waals surface area contributed by atoms with Gasteiger partial charge in [-0.25, -0.2) is 0 Å². The lowest BCUT2D eigenvalue weighted by atomic mass is 10.2. The summed E-state index contributed by atoms with van der Waals surface area (Å²) in [6.07, 6.45) is 2.51. The minimum atomic E-state index is -0.0499. The van der Waals surface area contributed by atoms with Crippen molar-refractivity contribution in [1.82, 2.24) is 20.0 Å². The fourth-order valence-electron chi connectivity index (χ4n) is 2.35. The molecule has 1 heterocycles. The van der Waals surface area contributed by atoms with Crippen LogP contribution in [0.1, 0.15) is 43.2 Å². The molecule has 6 heteroatoms. The number of rotatable bonds is 9. The predicted molar refractivity (Wildman–Crippen MR) is 85.4 cm³/mol. The highest BCUT2D eigenvalue weighted by molar-refractivity contribution is 5.95. The lowest BCUT2D eigenvalue weighted by Crippen LogP contribution is -2.42. The molecular weight excluding hydrogens is 266 g/mol. The molecule has 0 spiro atoms. The number of nitrogens with two attached hydrogens (primary N) is 1. The van der Waals surface area contributed by atoms with Gasteiger partial charge in [-0.2, -0.15) is 5.10 Å². The summed E-state index contributed by atoms with van der Waals surface area (Å²) in [5, 5.41) is 7.31. The number of nitrogens with zero attached hydrogens (tertiary/aromatic N) is 3. The van der Waals surface area contributed by atoms with Crippen molar-refractivity contribution >= 4 is 5.91 Å². The standard InChI is InChI=1S/C15H29N5O/c1-5-19(6-2)11-12(3)18-15(21)14-10-17-20(13(14)4)9-7-8-16/h10,12H,5-9,11,16H2,1-4H3,(H,18,21). The molecule has 0 bridgehead atoms. The summed E-state index contributed by atoms with van der Waals surface area (Å²) in [5.74, 6) is -0.0499. The first-order chi connectivity index (χ1) is 10.0. The van der Waals surface area contributed by atoms with Crippen LogP contribution < -0.4 is 11.1 Å². The van der Waals surface area contributed by atoms with Crippen molar-refractivity contribution in [1.29, 1.82) is 0 Å². The zero-order valence-corrected chi connectivity index (χ0v) is 13.7. The molecule has 0 fully saturated rings. The second kappa shape index (κ2) is 8.79. The summed E-state index contributed by atoms with van der Waals surface area (Å²) in [4.78, 5) is 14.6. The fraction of sp³-hybridized carbons (Fsp3) is 0.733. The Morgan fingerprint density at radius 3 is 2.71 bits per heavy atom. The maximum atomic E-state index is 12.3. The molecule has 1 aromatic heterocycles. The average molecular weight is 295 g/mol. The molecule has 0 radical (unpaired) electrons. The Labute approximate surface area is 127 Å². The van der Waals surface area contributed by atoms with Gasteiger partial charge in [0.25, 0.3) is 5.91 Å². The second-order valence-electron chi connectivity index (χ2n) is 5.37. The van der Waals surface area contributed by atoms with E-state index in [0.717, 1.165) is 38.3 Å². The molecule has 0 saturated carbocycles. The molecule has 0 aliphatic rings. The monoisotopic (exact) mass is 295 g/mol. The van der Waals surface area contributed by atoms with Gasteiger partial charge in [0.05, 0.1) is 11.8 Å². The number of likely N-dealkylation sites (N-methyl/N-ethyl adjacent to an activating group) is 1. The van der Waals surface area contributed by atoms with Crippen molar-refractivity contribution in [3.63, 3.8) is 0 Å². The molecule has 0 saturated heterocycles. The molecule has 120 valence electrons. The van der Waals surface area contributed by atoms with Gasteiger partial charge in [0, 0.05) is 24.8 Å². The highest BCUT2D eigenvalue weighted by Crippen LogP contribution is 2.08. The van der Waals surface area contributed by atoms with Crippen LogP contribution in [-0.2, 0) is 6.54 Å². The maximum absolute atomic E-state index is 12.3. The van der Waals surface area contributed by atoms with Crippen LogP contribution in [0, 0.1) is 6.92 Å². The van der Waals surface area contributed by atoms with Gasteiger partial charge in [-0.15, -0.1) is 0 Å². The van der Waals surface area contributed by atoms with E-state index >= 15 is 0 Å². The Hall–Kier alpha value is -1.40. The van der Waals surface area contributed by atoms with E-state index in [1.165, 1.54) is 0 Å². The van der Waals surface area contributed by atoms with E-state index in [-0.39, 0.29) is 11.9 Å². The van der Waals surface area contributed by atoms with Crippen LogP contribution in [0.5, 0.6) is 0 Å². The largest absolute Gasteiger partial charge is 0.348 e. The van der Waals surface area contributed by atoms with E-state index in [2.05, 4.69) is 29.2 Å². The van der Waals surface area contributed by atoms with Crippen molar-refractivity contribution < 1.29 is 4.79 Å². The number of nitrogens with one attached hydrogen (secondary N) is 1. The number of aryl methyl sites for hydroxylation is 1. The summed E-state index contributed by atoms with van der Waals surface area (Å²) in [6.45, 7) is 12.4. The SMILES string of the molecule is CCN(CC)CC(C)NC(=O)c1cnn(CCCN)c1C. The maximum Gasteiger partial charge on any atom is 0.254 e. The van der Waals surface area contributed by atoms with Crippen LogP contribution in [0.4, 0.5) is 0 Å². The van der Waals surface area contributed by atoms with Crippen molar-refractivity contribution in [2.24, 2.45) is 5.73 Å². The molecule has 1 atom stereocenters. The predicted octanol–water partition coefficient (Wildman–Crippen LogP) is 1.00. The Morgan fingerprint density at radius 2 is 2.14 bits per heavy atom. The fourth-order valence-corrected chi connectivity index (χ4v) is 2.35. The highest BCUT2D eigenvalue weighted by atomic mass is 16.1. The molecule has 1 rings (SSSR count). The van der Waals surface area contributed by atoms with Crippen LogP contribution in [0.25, 0.3) is 0 Å². The first-order valence-electron chi connectivity index (χ1n) is 7.79. The molecule has 21 heavy (non-hydrogen) atoms. The normalized spacial score (nSPS) is 12.7. The summed E-state index contributed by atoms with van der Waals surface area (Å²) in [5.41, 5.74) is 7.06. The second-order valence-corrected chi connectivity index (χ2v) is 5.37. The number of hydrogen-bond donors (Lipinski definition) is 2. The number of hydrogen-bond acceptors (Lipinski definition) is 4. The molecule has 1 aromatic rings. The van der Waals surface area contributed by atoms with Crippen molar-refractivity contribution in [2.45, 2.75) is 46.7 Å². The molecule has 3 N–H and O–H groups in total. The van der Waals surface area contributed by atoms with Gasteiger partial charge >= 0.3 is 0 Å². The van der Waals surface area contributed by atoms with E-state index in [0.29, 0.717) is 12.1 Å². The van der Waals surface area contributed by atoms with E-state index in [1.54, 1.807) is 6.20 Å². The van der Waals surface area contributed by atoms with Crippen LogP contribution in [-0.4, -0.2) is 52.8 Å². The third-order valence-corrected chi connectivity index (χ3v) is 3.73. The Bertz CT molecular complexity index is 439. The van der Waals surface area contributed by atoms with E-state index in [1.807, 2.05) is 18.5 Å². The highest BCUT2D eigenvalue weighted by Gasteiger charge is 2.16. The molecule has 6 nitrogen and oxygen atoms in total. The van der Waals surface area contributed by atoms with Crippen LogP contribution in [0.3, 0.4) is 0 Å². The van der Waals surface area contributed by atoms with E-state index in [9.17, 15) is 4.79 Å². The topological polar surface area (TPSA) is 76.2 Å². The van der Waals surface area contributed by atoms with Gasteiger partial charge in [0.1, 0.15) is 0 Å². The van der Waals surface area contributed by atoms with Gasteiger partial charge in [-0.1, -0.05) is 13.8 Å². The van der Waals surface area contributed by atoms with E-state index in [4.69, 9.17) is 5.73 Å². The lowest BCUT2D eigenvalue weighted by Gasteiger charge is -2.23. The summed E-state index contributed by atoms with van der Waals surface area (Å²) < 4.78 is 1.84. The number of amides is 1. The van der Waals surface area contributed by atoms with Gasteiger partial charge < -0.3 is 16.0 Å². The molecule has 0 aliphatic carbocycles. The van der Waals surface area contributed by atoms with Crippen molar-refractivity contribution in [3.8, 4) is 0 Å². The molecule has 0 aromatic carbocycles. The number of carbonyl (C=O) groups excluding carboxylic acids is 1. The molecular formula is C15H29N5O. The third kappa shape index (κ3) is 5.13. The summed E-state index contributed by atoms with van der Waals surface area (Å²) >= 11 is 0. The van der Waals surface area contributed by atoms with E-state index < -0.39 is 0 Å². The third-order valence-electron chi connectivity index (χ3n) is 3.73. The zero-order valence-electron chi connectivity index (χ0n) is 13.7.